The fraction of sp³-hybridized carbons (Fsp3) is 0.154. The van der Waals surface area contributed by atoms with E-state index in [0.717, 1.165) is 15.6 Å². The molecule has 0 radical (unpaired) electrons. The van der Waals surface area contributed by atoms with E-state index in [1.54, 1.807) is 18.3 Å². The van der Waals surface area contributed by atoms with Crippen LogP contribution in [-0.4, -0.2) is 10.1 Å². The van der Waals surface area contributed by atoms with Gasteiger partial charge < -0.3 is 9.84 Å². The molecule has 0 aliphatic rings. The summed E-state index contributed by atoms with van der Waals surface area (Å²) in [5.74, 6) is 0.558. The van der Waals surface area contributed by atoms with E-state index < -0.39 is 0 Å². The van der Waals surface area contributed by atoms with E-state index in [4.69, 9.17) is 9.84 Å². The van der Waals surface area contributed by atoms with Crippen LogP contribution in [0.1, 0.15) is 11.1 Å². The topological polar surface area (TPSA) is 42.4 Å². The van der Waals surface area contributed by atoms with Crippen molar-refractivity contribution in [3.8, 4) is 5.88 Å². The van der Waals surface area contributed by atoms with Crippen molar-refractivity contribution in [2.24, 2.45) is 0 Å². The lowest BCUT2D eigenvalue weighted by Crippen LogP contribution is -1.97. The van der Waals surface area contributed by atoms with Crippen LogP contribution in [0.3, 0.4) is 0 Å². The number of aliphatic hydroxyl groups excluding tert-OH is 1. The molecule has 0 unspecified atom stereocenters. The van der Waals surface area contributed by atoms with Gasteiger partial charge in [0.05, 0.1) is 6.61 Å². The monoisotopic (exact) mass is 293 g/mol. The number of ether oxygens (including phenoxy) is 1. The molecule has 0 aliphatic carbocycles. The van der Waals surface area contributed by atoms with Crippen molar-refractivity contribution in [2.45, 2.75) is 13.2 Å². The van der Waals surface area contributed by atoms with Gasteiger partial charge in [0.15, 0.2) is 0 Å². The van der Waals surface area contributed by atoms with E-state index in [9.17, 15) is 0 Å². The summed E-state index contributed by atoms with van der Waals surface area (Å²) in [4.78, 5) is 4.09. The Labute approximate surface area is 108 Å². The van der Waals surface area contributed by atoms with Gasteiger partial charge in [0.25, 0.3) is 0 Å². The smallest absolute Gasteiger partial charge is 0.213 e. The van der Waals surface area contributed by atoms with Crippen LogP contribution >= 0.6 is 15.9 Å². The SMILES string of the molecule is OCc1ccc(OCc2cccc(Br)c2)nc1. The van der Waals surface area contributed by atoms with Gasteiger partial charge in [-0.15, -0.1) is 0 Å². The Morgan fingerprint density at radius 1 is 1.18 bits per heavy atom. The molecule has 0 atom stereocenters. The highest BCUT2D eigenvalue weighted by molar-refractivity contribution is 9.10. The number of hydrogen-bond acceptors (Lipinski definition) is 3. The molecule has 2 rings (SSSR count). The number of aliphatic hydroxyl groups is 1. The Kier molecular flexibility index (Phi) is 4.12. The van der Waals surface area contributed by atoms with Crippen LogP contribution in [-0.2, 0) is 13.2 Å². The summed E-state index contributed by atoms with van der Waals surface area (Å²) in [5.41, 5.74) is 1.85. The summed E-state index contributed by atoms with van der Waals surface area (Å²) >= 11 is 3.41. The van der Waals surface area contributed by atoms with Crippen LogP contribution < -0.4 is 4.74 Å². The van der Waals surface area contributed by atoms with Gasteiger partial charge in [-0.1, -0.05) is 28.1 Å². The zero-order chi connectivity index (χ0) is 12.1. The zero-order valence-corrected chi connectivity index (χ0v) is 10.7. The molecule has 0 spiro atoms. The van der Waals surface area contributed by atoms with Crippen molar-refractivity contribution < 1.29 is 9.84 Å². The maximum atomic E-state index is 8.88. The Hall–Kier alpha value is -1.39. The van der Waals surface area contributed by atoms with Crippen LogP contribution in [0.2, 0.25) is 0 Å². The number of benzene rings is 1. The maximum Gasteiger partial charge on any atom is 0.213 e. The molecule has 88 valence electrons. The first-order valence-electron chi connectivity index (χ1n) is 5.21. The van der Waals surface area contributed by atoms with E-state index in [1.165, 1.54) is 0 Å². The average Bonchev–Trinajstić information content (AvgIpc) is 2.37. The molecule has 0 saturated heterocycles. The first-order valence-corrected chi connectivity index (χ1v) is 6.00. The summed E-state index contributed by atoms with van der Waals surface area (Å²) < 4.78 is 6.56. The fourth-order valence-electron chi connectivity index (χ4n) is 1.37. The number of pyridine rings is 1. The van der Waals surface area contributed by atoms with Crippen molar-refractivity contribution in [1.29, 1.82) is 0 Å². The van der Waals surface area contributed by atoms with Crippen molar-refractivity contribution in [3.63, 3.8) is 0 Å². The molecule has 17 heavy (non-hydrogen) atoms. The molecule has 1 N–H and O–H groups in total. The second kappa shape index (κ2) is 5.80. The molecule has 1 aromatic carbocycles. The average molecular weight is 294 g/mol. The lowest BCUT2D eigenvalue weighted by atomic mass is 10.2. The summed E-state index contributed by atoms with van der Waals surface area (Å²) in [5, 5.41) is 8.88. The summed E-state index contributed by atoms with van der Waals surface area (Å²) in [7, 11) is 0. The number of hydrogen-bond donors (Lipinski definition) is 1. The van der Waals surface area contributed by atoms with Crippen LogP contribution in [0.4, 0.5) is 0 Å². The second-order valence-corrected chi connectivity index (χ2v) is 4.50. The molecule has 3 nitrogen and oxygen atoms in total. The van der Waals surface area contributed by atoms with Crippen LogP contribution in [0.5, 0.6) is 5.88 Å². The Bertz CT molecular complexity index is 485. The lowest BCUT2D eigenvalue weighted by Gasteiger charge is -2.06. The van der Waals surface area contributed by atoms with Gasteiger partial charge in [0.2, 0.25) is 5.88 Å². The van der Waals surface area contributed by atoms with Gasteiger partial charge in [-0.25, -0.2) is 4.98 Å². The fourth-order valence-corrected chi connectivity index (χ4v) is 1.82. The molecule has 0 amide bonds. The molecule has 0 fully saturated rings. The van der Waals surface area contributed by atoms with Gasteiger partial charge in [-0.2, -0.15) is 0 Å². The first-order chi connectivity index (χ1) is 8.28. The minimum Gasteiger partial charge on any atom is -0.473 e. The maximum absolute atomic E-state index is 8.88. The third-order valence-electron chi connectivity index (χ3n) is 2.26. The van der Waals surface area contributed by atoms with Gasteiger partial charge in [0.1, 0.15) is 6.61 Å². The number of rotatable bonds is 4. The van der Waals surface area contributed by atoms with Crippen molar-refractivity contribution in [2.75, 3.05) is 0 Å². The molecule has 0 aliphatic heterocycles. The highest BCUT2D eigenvalue weighted by Crippen LogP contribution is 2.14. The molecule has 4 heteroatoms. The number of nitrogens with zero attached hydrogens (tertiary/aromatic N) is 1. The highest BCUT2D eigenvalue weighted by atomic mass is 79.9. The van der Waals surface area contributed by atoms with Gasteiger partial charge in [0, 0.05) is 16.7 Å². The summed E-state index contributed by atoms with van der Waals surface area (Å²) in [6.45, 7) is 0.476. The molecule has 0 bridgehead atoms. The second-order valence-electron chi connectivity index (χ2n) is 3.58. The standard InChI is InChI=1S/C13H12BrNO2/c14-12-3-1-2-10(6-12)9-17-13-5-4-11(8-16)7-15-13/h1-7,16H,8-9H2. The van der Waals surface area contributed by atoms with Gasteiger partial charge >= 0.3 is 0 Å². The number of halogens is 1. The minimum atomic E-state index is -0.00108. The summed E-state index contributed by atoms with van der Waals surface area (Å²) in [6.07, 6.45) is 1.61. The van der Waals surface area contributed by atoms with Crippen molar-refractivity contribution in [1.82, 2.24) is 4.98 Å². The Balaban J connectivity index is 1.97. The van der Waals surface area contributed by atoms with E-state index in [0.29, 0.717) is 12.5 Å². The molecular formula is C13H12BrNO2. The van der Waals surface area contributed by atoms with Crippen molar-refractivity contribution in [3.05, 3.63) is 58.2 Å². The molecular weight excluding hydrogens is 282 g/mol. The zero-order valence-electron chi connectivity index (χ0n) is 9.14. The predicted molar refractivity (Wildman–Crippen MR) is 68.6 cm³/mol. The molecule has 2 aromatic rings. The lowest BCUT2D eigenvalue weighted by molar-refractivity contribution is 0.278. The third-order valence-corrected chi connectivity index (χ3v) is 2.75. The van der Waals surface area contributed by atoms with E-state index in [-0.39, 0.29) is 6.61 Å². The molecule has 0 saturated carbocycles. The highest BCUT2D eigenvalue weighted by Gasteiger charge is 1.98. The molecule has 1 aromatic heterocycles. The minimum absolute atomic E-state index is 0.00108. The van der Waals surface area contributed by atoms with E-state index in [1.807, 2.05) is 24.3 Å². The molecule has 1 heterocycles. The predicted octanol–water partition coefficient (Wildman–Crippen LogP) is 2.92. The Morgan fingerprint density at radius 2 is 2.06 bits per heavy atom. The van der Waals surface area contributed by atoms with Crippen molar-refractivity contribution >= 4 is 15.9 Å². The van der Waals surface area contributed by atoms with E-state index >= 15 is 0 Å². The van der Waals surface area contributed by atoms with Gasteiger partial charge in [-0.05, 0) is 29.3 Å². The third kappa shape index (κ3) is 3.54. The largest absolute Gasteiger partial charge is 0.473 e. The number of aromatic nitrogens is 1. The normalized spacial score (nSPS) is 10.2. The van der Waals surface area contributed by atoms with Crippen LogP contribution in [0.15, 0.2) is 47.1 Å². The van der Waals surface area contributed by atoms with Gasteiger partial charge in [-0.3, -0.25) is 0 Å². The summed E-state index contributed by atoms with van der Waals surface area (Å²) in [6, 6.07) is 11.5. The first kappa shape index (κ1) is 12.1. The van der Waals surface area contributed by atoms with Crippen LogP contribution in [0, 0.1) is 0 Å². The van der Waals surface area contributed by atoms with Crippen LogP contribution in [0.25, 0.3) is 0 Å². The Morgan fingerprint density at radius 3 is 2.71 bits per heavy atom. The quantitative estimate of drug-likeness (QED) is 0.942. The van der Waals surface area contributed by atoms with E-state index in [2.05, 4.69) is 20.9 Å².